The summed E-state index contributed by atoms with van der Waals surface area (Å²) < 4.78 is 0. The minimum Gasteiger partial charge on any atom is -0.369 e. The van der Waals surface area contributed by atoms with Gasteiger partial charge in [0, 0.05) is 31.4 Å². The molecule has 148 valence electrons. The number of benzene rings is 1. The van der Waals surface area contributed by atoms with Crippen molar-refractivity contribution in [2.24, 2.45) is 17.1 Å². The quantitative estimate of drug-likeness (QED) is 0.801. The molecule has 3 rings (SSSR count). The van der Waals surface area contributed by atoms with Gasteiger partial charge in [0.1, 0.15) is 0 Å². The zero-order chi connectivity index (χ0) is 20.1. The first-order chi connectivity index (χ1) is 13.5. The normalized spacial score (nSPS) is 19.2. The Kier molecular flexibility index (Phi) is 6.12. The number of amides is 2. The van der Waals surface area contributed by atoms with Crippen LogP contribution in [0.3, 0.4) is 0 Å². The first-order valence-corrected chi connectivity index (χ1v) is 10.1. The van der Waals surface area contributed by atoms with E-state index in [1.165, 1.54) is 0 Å². The highest BCUT2D eigenvalue weighted by molar-refractivity contribution is 5.85. The number of pyridine rings is 1. The maximum atomic E-state index is 12.7. The average Bonchev–Trinajstić information content (AvgIpc) is 3.15. The summed E-state index contributed by atoms with van der Waals surface area (Å²) in [6.07, 6.45) is 6.38. The summed E-state index contributed by atoms with van der Waals surface area (Å²) in [4.78, 5) is 31.0. The van der Waals surface area contributed by atoms with Crippen molar-refractivity contribution in [2.75, 3.05) is 13.1 Å². The van der Waals surface area contributed by atoms with Gasteiger partial charge in [0.2, 0.25) is 11.8 Å². The first-order valence-electron chi connectivity index (χ1n) is 10.1. The molecule has 0 saturated carbocycles. The van der Waals surface area contributed by atoms with Gasteiger partial charge in [-0.15, -0.1) is 0 Å². The summed E-state index contributed by atoms with van der Waals surface area (Å²) in [5.41, 5.74) is 8.42. The molecule has 0 radical (unpaired) electrons. The molecule has 1 aliphatic rings. The van der Waals surface area contributed by atoms with E-state index in [-0.39, 0.29) is 17.7 Å². The molecule has 2 heterocycles. The molecule has 1 aromatic heterocycles. The van der Waals surface area contributed by atoms with Crippen molar-refractivity contribution in [3.8, 4) is 11.1 Å². The van der Waals surface area contributed by atoms with E-state index < -0.39 is 5.41 Å². The van der Waals surface area contributed by atoms with Crippen molar-refractivity contribution in [2.45, 2.75) is 39.5 Å². The van der Waals surface area contributed by atoms with Crippen LogP contribution in [0.25, 0.3) is 11.1 Å². The largest absolute Gasteiger partial charge is 0.369 e. The van der Waals surface area contributed by atoms with Gasteiger partial charge in [0.05, 0.1) is 5.41 Å². The highest BCUT2D eigenvalue weighted by Crippen LogP contribution is 2.35. The fraction of sp³-hybridized carbons (Fsp3) is 0.435. The summed E-state index contributed by atoms with van der Waals surface area (Å²) in [6, 6.07) is 12.1. The Morgan fingerprint density at radius 1 is 1.07 bits per heavy atom. The lowest BCUT2D eigenvalue weighted by molar-refractivity contribution is -0.135. The molecule has 0 spiro atoms. The monoisotopic (exact) mass is 379 g/mol. The molecule has 1 aromatic carbocycles. The highest BCUT2D eigenvalue weighted by atomic mass is 16.2. The van der Waals surface area contributed by atoms with Gasteiger partial charge in [0.15, 0.2) is 0 Å². The zero-order valence-corrected chi connectivity index (χ0v) is 16.7. The number of nitrogens with two attached hydrogens (primary N) is 1. The predicted molar refractivity (Wildman–Crippen MR) is 110 cm³/mol. The number of rotatable bonds is 7. The third kappa shape index (κ3) is 4.08. The van der Waals surface area contributed by atoms with Crippen molar-refractivity contribution >= 4 is 11.8 Å². The number of aromatic nitrogens is 1. The molecule has 1 atom stereocenters. The molecule has 1 saturated heterocycles. The summed E-state index contributed by atoms with van der Waals surface area (Å²) >= 11 is 0. The van der Waals surface area contributed by atoms with Crippen LogP contribution in [-0.4, -0.2) is 34.8 Å². The van der Waals surface area contributed by atoms with Crippen LogP contribution in [0, 0.1) is 11.3 Å². The van der Waals surface area contributed by atoms with Crippen LogP contribution in [0.1, 0.15) is 38.7 Å². The highest BCUT2D eigenvalue weighted by Gasteiger charge is 2.45. The number of carbonyl (C=O) groups is 2. The Morgan fingerprint density at radius 3 is 2.25 bits per heavy atom. The maximum Gasteiger partial charge on any atom is 0.225 e. The molecule has 28 heavy (non-hydrogen) atoms. The SMILES string of the molecule is CCC(CC)C(=O)N1CC[C@](Cc2ccc(-c3ccncc3)cc2)(C(N)=O)C1. The molecule has 1 fully saturated rings. The number of hydrogen-bond donors (Lipinski definition) is 1. The topological polar surface area (TPSA) is 76.3 Å². The molecule has 0 bridgehead atoms. The van der Waals surface area contributed by atoms with Crippen LogP contribution in [0.15, 0.2) is 48.8 Å². The van der Waals surface area contributed by atoms with Gasteiger partial charge in [-0.05, 0) is 54.5 Å². The lowest BCUT2D eigenvalue weighted by Gasteiger charge is -2.27. The van der Waals surface area contributed by atoms with Crippen LogP contribution in [0.5, 0.6) is 0 Å². The molecular weight excluding hydrogens is 350 g/mol. The van der Waals surface area contributed by atoms with Gasteiger partial charge < -0.3 is 10.6 Å². The molecule has 2 N–H and O–H groups in total. The van der Waals surface area contributed by atoms with E-state index in [1.54, 1.807) is 12.4 Å². The second-order valence-electron chi connectivity index (χ2n) is 7.78. The number of carbonyl (C=O) groups excluding carboxylic acids is 2. The third-order valence-corrected chi connectivity index (χ3v) is 6.03. The Balaban J connectivity index is 1.75. The standard InChI is InChI=1S/C23H29N3O2/c1-3-18(4-2)21(27)26-14-11-23(16-26,22(24)28)15-17-5-7-19(8-6-17)20-9-12-25-13-10-20/h5-10,12-13,18H,3-4,11,14-16H2,1-2H3,(H2,24,28)/t23-/m1/s1. The number of hydrogen-bond acceptors (Lipinski definition) is 3. The third-order valence-electron chi connectivity index (χ3n) is 6.03. The van der Waals surface area contributed by atoms with Crippen molar-refractivity contribution in [1.82, 2.24) is 9.88 Å². The van der Waals surface area contributed by atoms with Crippen molar-refractivity contribution in [1.29, 1.82) is 0 Å². The lowest BCUT2D eigenvalue weighted by Crippen LogP contribution is -2.43. The van der Waals surface area contributed by atoms with Gasteiger partial charge in [0.25, 0.3) is 0 Å². The van der Waals surface area contributed by atoms with Crippen LogP contribution in [-0.2, 0) is 16.0 Å². The summed E-state index contributed by atoms with van der Waals surface area (Å²) in [7, 11) is 0. The maximum absolute atomic E-state index is 12.7. The fourth-order valence-corrected chi connectivity index (χ4v) is 4.14. The molecule has 0 aliphatic carbocycles. The predicted octanol–water partition coefficient (Wildman–Crippen LogP) is 3.43. The minimum atomic E-state index is -0.681. The van der Waals surface area contributed by atoms with Crippen LogP contribution in [0.4, 0.5) is 0 Å². The zero-order valence-electron chi connectivity index (χ0n) is 16.7. The summed E-state index contributed by atoms with van der Waals surface area (Å²) in [5, 5.41) is 0. The van der Waals surface area contributed by atoms with E-state index in [2.05, 4.69) is 17.1 Å². The minimum absolute atomic E-state index is 0.0309. The Hall–Kier alpha value is -2.69. The molecule has 5 nitrogen and oxygen atoms in total. The van der Waals surface area contributed by atoms with E-state index in [9.17, 15) is 9.59 Å². The Bertz CT molecular complexity index is 816. The molecular formula is C23H29N3O2. The first kappa shape index (κ1) is 20.1. The van der Waals surface area contributed by atoms with E-state index in [4.69, 9.17) is 5.73 Å². The van der Waals surface area contributed by atoms with Gasteiger partial charge in [-0.2, -0.15) is 0 Å². The Morgan fingerprint density at radius 2 is 1.68 bits per heavy atom. The van der Waals surface area contributed by atoms with E-state index in [0.717, 1.165) is 29.5 Å². The van der Waals surface area contributed by atoms with Crippen molar-refractivity contribution in [3.63, 3.8) is 0 Å². The summed E-state index contributed by atoms with van der Waals surface area (Å²) in [5.74, 6) is -0.130. The Labute approximate surface area is 167 Å². The van der Waals surface area contributed by atoms with Gasteiger partial charge in [-0.3, -0.25) is 14.6 Å². The smallest absolute Gasteiger partial charge is 0.225 e. The second kappa shape index (κ2) is 8.55. The van der Waals surface area contributed by atoms with Crippen LogP contribution >= 0.6 is 0 Å². The van der Waals surface area contributed by atoms with E-state index in [0.29, 0.717) is 25.9 Å². The van der Waals surface area contributed by atoms with Gasteiger partial charge >= 0.3 is 0 Å². The molecule has 5 heteroatoms. The fourth-order valence-electron chi connectivity index (χ4n) is 4.14. The number of nitrogens with zero attached hydrogens (tertiary/aromatic N) is 2. The lowest BCUT2D eigenvalue weighted by atomic mass is 9.80. The molecule has 2 aromatic rings. The molecule has 2 amide bonds. The van der Waals surface area contributed by atoms with Crippen molar-refractivity contribution < 1.29 is 9.59 Å². The van der Waals surface area contributed by atoms with E-state index in [1.807, 2.05) is 43.0 Å². The average molecular weight is 380 g/mol. The van der Waals surface area contributed by atoms with Gasteiger partial charge in [-0.25, -0.2) is 0 Å². The molecule has 0 unspecified atom stereocenters. The van der Waals surface area contributed by atoms with Crippen LogP contribution < -0.4 is 5.73 Å². The van der Waals surface area contributed by atoms with Gasteiger partial charge in [-0.1, -0.05) is 38.1 Å². The van der Waals surface area contributed by atoms with Crippen LogP contribution in [0.2, 0.25) is 0 Å². The van der Waals surface area contributed by atoms with E-state index >= 15 is 0 Å². The molecule has 1 aliphatic heterocycles. The van der Waals surface area contributed by atoms with Crippen molar-refractivity contribution in [3.05, 3.63) is 54.4 Å². The number of primary amides is 1. The second-order valence-corrected chi connectivity index (χ2v) is 7.78. The summed E-state index contributed by atoms with van der Waals surface area (Å²) in [6.45, 7) is 5.10. The number of likely N-dealkylation sites (tertiary alicyclic amines) is 1.